The fraction of sp³-hybridized carbons (Fsp3) is 1.00. The number of nitrogens with two attached hydrogens (primary N) is 1. The van der Waals surface area contributed by atoms with Gasteiger partial charge in [0.05, 0.1) is 6.10 Å². The summed E-state index contributed by atoms with van der Waals surface area (Å²) in [5, 5.41) is 11.9. The molecule has 0 saturated heterocycles. The number of hydrogen-bond donors (Lipinski definition) is 3. The van der Waals surface area contributed by atoms with E-state index in [1.165, 1.54) is 0 Å². The monoisotopic (exact) mass is 146 g/mol. The normalized spacial score (nSPS) is 15.3. The molecule has 0 aromatic rings. The summed E-state index contributed by atoms with van der Waals surface area (Å²) in [7, 11) is 0. The second-order valence-corrected chi connectivity index (χ2v) is 3.47. The highest BCUT2D eigenvalue weighted by atomic mass is 16.3. The van der Waals surface area contributed by atoms with Crippen LogP contribution in [-0.4, -0.2) is 29.8 Å². The van der Waals surface area contributed by atoms with Gasteiger partial charge >= 0.3 is 0 Å². The molecule has 62 valence electrons. The lowest BCUT2D eigenvalue weighted by atomic mass is 10.1. The molecule has 0 bridgehead atoms. The van der Waals surface area contributed by atoms with E-state index in [9.17, 15) is 0 Å². The van der Waals surface area contributed by atoms with Crippen molar-refractivity contribution < 1.29 is 5.11 Å². The highest BCUT2D eigenvalue weighted by molar-refractivity contribution is 4.74. The molecule has 0 radical (unpaired) electrons. The van der Waals surface area contributed by atoms with Gasteiger partial charge in [-0.1, -0.05) is 0 Å². The molecule has 0 aromatic carbocycles. The molecule has 0 aliphatic carbocycles. The van der Waals surface area contributed by atoms with Crippen molar-refractivity contribution >= 4 is 0 Å². The average Bonchev–Trinajstić information content (AvgIpc) is 1.59. The summed E-state index contributed by atoms with van der Waals surface area (Å²) in [6.07, 6.45) is -0.289. The SMILES string of the molecule is C[C@@H](O)CNCC(C)(C)N. The molecule has 0 heterocycles. The van der Waals surface area contributed by atoms with Crippen LogP contribution in [0.1, 0.15) is 20.8 Å². The maximum atomic E-state index is 8.85. The summed E-state index contributed by atoms with van der Waals surface area (Å²) < 4.78 is 0. The summed E-state index contributed by atoms with van der Waals surface area (Å²) in [5.41, 5.74) is 5.49. The third-order valence-electron chi connectivity index (χ3n) is 1.02. The molecule has 0 aliphatic heterocycles. The molecule has 0 saturated carbocycles. The first kappa shape index (κ1) is 9.88. The molecule has 3 nitrogen and oxygen atoms in total. The molecule has 3 heteroatoms. The Morgan fingerprint density at radius 2 is 2.10 bits per heavy atom. The van der Waals surface area contributed by atoms with E-state index in [1.807, 2.05) is 13.8 Å². The van der Waals surface area contributed by atoms with Crippen molar-refractivity contribution in [2.75, 3.05) is 13.1 Å². The zero-order valence-corrected chi connectivity index (χ0v) is 7.02. The topological polar surface area (TPSA) is 58.3 Å². The van der Waals surface area contributed by atoms with Gasteiger partial charge in [-0.2, -0.15) is 0 Å². The second kappa shape index (κ2) is 3.91. The average molecular weight is 146 g/mol. The third-order valence-corrected chi connectivity index (χ3v) is 1.02. The molecule has 0 spiro atoms. The molecule has 10 heavy (non-hydrogen) atoms. The molecular weight excluding hydrogens is 128 g/mol. The smallest absolute Gasteiger partial charge is 0.0636 e. The highest BCUT2D eigenvalue weighted by Crippen LogP contribution is 1.92. The lowest BCUT2D eigenvalue weighted by Crippen LogP contribution is -2.44. The van der Waals surface area contributed by atoms with E-state index in [2.05, 4.69) is 5.32 Å². The molecule has 0 fully saturated rings. The van der Waals surface area contributed by atoms with Crippen molar-refractivity contribution in [2.24, 2.45) is 5.73 Å². The van der Waals surface area contributed by atoms with Crippen LogP contribution in [0.15, 0.2) is 0 Å². The Morgan fingerprint density at radius 1 is 1.60 bits per heavy atom. The van der Waals surface area contributed by atoms with Crippen LogP contribution in [0.4, 0.5) is 0 Å². The number of aliphatic hydroxyl groups excluding tert-OH is 1. The van der Waals surface area contributed by atoms with Crippen LogP contribution >= 0.6 is 0 Å². The van der Waals surface area contributed by atoms with Crippen molar-refractivity contribution in [3.63, 3.8) is 0 Å². The molecule has 0 aromatic heterocycles. The van der Waals surface area contributed by atoms with Crippen LogP contribution in [0.5, 0.6) is 0 Å². The number of rotatable bonds is 4. The Morgan fingerprint density at radius 3 is 2.40 bits per heavy atom. The van der Waals surface area contributed by atoms with Crippen molar-refractivity contribution in [1.29, 1.82) is 0 Å². The standard InChI is InChI=1S/C7H18N2O/c1-6(10)4-9-5-7(2,3)8/h6,9-10H,4-5,8H2,1-3H3/t6-/m1/s1. The van der Waals surface area contributed by atoms with Crippen LogP contribution < -0.4 is 11.1 Å². The Hall–Kier alpha value is -0.120. The van der Waals surface area contributed by atoms with E-state index in [0.717, 1.165) is 6.54 Å². The lowest BCUT2D eigenvalue weighted by molar-refractivity contribution is 0.189. The summed E-state index contributed by atoms with van der Waals surface area (Å²) in [5.74, 6) is 0. The quantitative estimate of drug-likeness (QED) is 0.510. The van der Waals surface area contributed by atoms with Gasteiger partial charge in [-0.3, -0.25) is 0 Å². The predicted molar refractivity (Wildman–Crippen MR) is 42.8 cm³/mol. The van der Waals surface area contributed by atoms with Gasteiger partial charge in [-0.15, -0.1) is 0 Å². The Balaban J connectivity index is 3.21. The fourth-order valence-electron chi connectivity index (χ4n) is 0.603. The van der Waals surface area contributed by atoms with E-state index in [1.54, 1.807) is 6.92 Å². The van der Waals surface area contributed by atoms with Crippen LogP contribution in [0.2, 0.25) is 0 Å². The highest BCUT2D eigenvalue weighted by Gasteiger charge is 2.09. The van der Waals surface area contributed by atoms with Gasteiger partial charge in [0.1, 0.15) is 0 Å². The summed E-state index contributed by atoms with van der Waals surface area (Å²) in [4.78, 5) is 0. The van der Waals surface area contributed by atoms with E-state index in [-0.39, 0.29) is 11.6 Å². The van der Waals surface area contributed by atoms with E-state index in [0.29, 0.717) is 6.54 Å². The van der Waals surface area contributed by atoms with Gasteiger partial charge < -0.3 is 16.2 Å². The van der Waals surface area contributed by atoms with Crippen molar-refractivity contribution in [3.8, 4) is 0 Å². The first-order valence-electron chi connectivity index (χ1n) is 3.59. The molecular formula is C7H18N2O. The summed E-state index contributed by atoms with van der Waals surface area (Å²) in [6, 6.07) is 0. The Kier molecular flexibility index (Phi) is 3.86. The summed E-state index contributed by atoms with van der Waals surface area (Å²) >= 11 is 0. The van der Waals surface area contributed by atoms with E-state index >= 15 is 0 Å². The van der Waals surface area contributed by atoms with Crippen molar-refractivity contribution in [2.45, 2.75) is 32.4 Å². The van der Waals surface area contributed by atoms with Crippen molar-refractivity contribution in [3.05, 3.63) is 0 Å². The minimum absolute atomic E-state index is 0.186. The molecule has 0 aliphatic rings. The third kappa shape index (κ3) is 7.88. The summed E-state index contributed by atoms with van der Waals surface area (Å²) in [6.45, 7) is 6.99. The number of hydrogen-bond acceptors (Lipinski definition) is 3. The Labute approximate surface area is 62.6 Å². The van der Waals surface area contributed by atoms with Crippen LogP contribution in [-0.2, 0) is 0 Å². The number of nitrogens with one attached hydrogen (secondary N) is 1. The lowest BCUT2D eigenvalue weighted by Gasteiger charge is -2.19. The van der Waals surface area contributed by atoms with Crippen LogP contribution in [0.25, 0.3) is 0 Å². The minimum atomic E-state index is -0.289. The van der Waals surface area contributed by atoms with Gasteiger partial charge in [0.2, 0.25) is 0 Å². The van der Waals surface area contributed by atoms with Gasteiger partial charge in [0.15, 0.2) is 0 Å². The fourth-order valence-corrected chi connectivity index (χ4v) is 0.603. The molecule has 0 amide bonds. The van der Waals surface area contributed by atoms with Gasteiger partial charge in [0, 0.05) is 18.6 Å². The maximum absolute atomic E-state index is 8.85. The van der Waals surface area contributed by atoms with Crippen molar-refractivity contribution in [1.82, 2.24) is 5.32 Å². The molecule has 0 rings (SSSR count). The predicted octanol–water partition coefficient (Wildman–Crippen LogP) is -0.306. The van der Waals surface area contributed by atoms with Gasteiger partial charge in [0.25, 0.3) is 0 Å². The van der Waals surface area contributed by atoms with E-state index < -0.39 is 0 Å². The molecule has 0 unspecified atom stereocenters. The minimum Gasteiger partial charge on any atom is -0.392 e. The van der Waals surface area contributed by atoms with Gasteiger partial charge in [-0.25, -0.2) is 0 Å². The first-order chi connectivity index (χ1) is 4.42. The molecule has 1 atom stereocenters. The zero-order chi connectivity index (χ0) is 8.20. The zero-order valence-electron chi connectivity index (χ0n) is 7.02. The largest absolute Gasteiger partial charge is 0.392 e. The Bertz CT molecular complexity index is 86.1. The number of aliphatic hydroxyl groups is 1. The molecule has 4 N–H and O–H groups in total. The van der Waals surface area contributed by atoms with Crippen LogP contribution in [0, 0.1) is 0 Å². The first-order valence-corrected chi connectivity index (χ1v) is 3.59. The van der Waals surface area contributed by atoms with E-state index in [4.69, 9.17) is 10.8 Å². The maximum Gasteiger partial charge on any atom is 0.0636 e. The van der Waals surface area contributed by atoms with Gasteiger partial charge in [-0.05, 0) is 20.8 Å². The van der Waals surface area contributed by atoms with Crippen LogP contribution in [0.3, 0.4) is 0 Å². The second-order valence-electron chi connectivity index (χ2n) is 3.47.